The molecule has 0 saturated carbocycles. The van der Waals surface area contributed by atoms with Crippen molar-refractivity contribution in [3.63, 3.8) is 0 Å². The summed E-state index contributed by atoms with van der Waals surface area (Å²) < 4.78 is 0. The molecule has 0 fully saturated rings. The summed E-state index contributed by atoms with van der Waals surface area (Å²) in [5.41, 5.74) is 0. The summed E-state index contributed by atoms with van der Waals surface area (Å²) >= 11 is 0. The van der Waals surface area contributed by atoms with E-state index in [1.165, 1.54) is 0 Å². The van der Waals surface area contributed by atoms with Gasteiger partial charge in [0.15, 0.2) is 0 Å². The summed E-state index contributed by atoms with van der Waals surface area (Å²) in [7, 11) is 0. The lowest BCUT2D eigenvalue weighted by molar-refractivity contribution is 0.169. The Labute approximate surface area is 95.9 Å². The highest BCUT2D eigenvalue weighted by Crippen LogP contribution is 1.94. The van der Waals surface area contributed by atoms with Gasteiger partial charge in [-0.3, -0.25) is 0 Å². The predicted octanol–water partition coefficient (Wildman–Crippen LogP) is 0.142. The van der Waals surface area contributed by atoms with E-state index in [0.29, 0.717) is 12.8 Å². The molecule has 4 heteroatoms. The molecule has 0 aromatic carbocycles. The molecule has 4 nitrogen and oxygen atoms in total. The van der Waals surface area contributed by atoms with Crippen molar-refractivity contribution in [1.29, 1.82) is 0 Å². The minimum atomic E-state index is -0.626. The molecule has 0 saturated heterocycles. The van der Waals surface area contributed by atoms with E-state index < -0.39 is 12.2 Å². The van der Waals surface area contributed by atoms with Gasteiger partial charge in [0.05, 0.1) is 12.2 Å². The smallest absolute Gasteiger partial charge is 0.0745 e. The van der Waals surface area contributed by atoms with Gasteiger partial charge in [0, 0.05) is 13.2 Å². The van der Waals surface area contributed by atoms with Crippen molar-refractivity contribution in [3.05, 3.63) is 36.5 Å². The van der Waals surface area contributed by atoms with Gasteiger partial charge in [-0.05, 0) is 12.8 Å². The maximum atomic E-state index is 9.20. The highest BCUT2D eigenvalue weighted by atomic mass is 16.3. The Morgan fingerprint density at radius 2 is 1.06 bits per heavy atom. The first-order valence-corrected chi connectivity index (χ1v) is 5.30. The molecule has 0 amide bonds. The van der Waals surface area contributed by atoms with E-state index in [0.717, 1.165) is 0 Å². The van der Waals surface area contributed by atoms with Gasteiger partial charge in [0.2, 0.25) is 0 Å². The number of rotatable bonds is 8. The highest BCUT2D eigenvalue weighted by molar-refractivity contribution is 5.12. The number of aliphatic hydroxyl groups is 4. The molecule has 0 bridgehead atoms. The number of allylic oxidation sites excluding steroid dienone is 4. The maximum absolute atomic E-state index is 9.20. The van der Waals surface area contributed by atoms with Gasteiger partial charge in [-0.1, -0.05) is 36.5 Å². The molecule has 0 aliphatic rings. The minimum absolute atomic E-state index is 0.0392. The van der Waals surface area contributed by atoms with Crippen molar-refractivity contribution in [1.82, 2.24) is 0 Å². The van der Waals surface area contributed by atoms with Crippen LogP contribution < -0.4 is 0 Å². The molecule has 0 aliphatic carbocycles. The van der Waals surface area contributed by atoms with Gasteiger partial charge in [-0.2, -0.15) is 0 Å². The van der Waals surface area contributed by atoms with E-state index in [-0.39, 0.29) is 13.2 Å². The highest BCUT2D eigenvalue weighted by Gasteiger charge is 1.95. The minimum Gasteiger partial charge on any atom is -0.396 e. The van der Waals surface area contributed by atoms with Crippen LogP contribution >= 0.6 is 0 Å². The zero-order valence-corrected chi connectivity index (χ0v) is 9.24. The van der Waals surface area contributed by atoms with Crippen molar-refractivity contribution >= 4 is 0 Å². The Balaban J connectivity index is 3.75. The lowest BCUT2D eigenvalue weighted by Gasteiger charge is -1.99. The van der Waals surface area contributed by atoms with Crippen LogP contribution in [0, 0.1) is 0 Å². The zero-order chi connectivity index (χ0) is 12.2. The van der Waals surface area contributed by atoms with Crippen molar-refractivity contribution < 1.29 is 20.4 Å². The van der Waals surface area contributed by atoms with E-state index in [4.69, 9.17) is 10.2 Å². The molecule has 0 heterocycles. The number of hydrogen-bond donors (Lipinski definition) is 4. The Morgan fingerprint density at radius 1 is 0.688 bits per heavy atom. The average Bonchev–Trinajstić information content (AvgIpc) is 2.24. The van der Waals surface area contributed by atoms with E-state index in [1.54, 1.807) is 36.5 Å². The van der Waals surface area contributed by atoms with Crippen LogP contribution in [0.3, 0.4) is 0 Å². The topological polar surface area (TPSA) is 80.9 Å². The molecule has 0 radical (unpaired) electrons. The maximum Gasteiger partial charge on any atom is 0.0745 e. The quantitative estimate of drug-likeness (QED) is 0.446. The van der Waals surface area contributed by atoms with Crippen molar-refractivity contribution in [3.8, 4) is 0 Å². The molecule has 0 aliphatic heterocycles. The molecule has 0 aromatic heterocycles. The molecule has 92 valence electrons. The largest absolute Gasteiger partial charge is 0.396 e. The fourth-order valence-corrected chi connectivity index (χ4v) is 0.970. The molecular weight excluding hydrogens is 208 g/mol. The average molecular weight is 228 g/mol. The summed E-state index contributed by atoms with van der Waals surface area (Å²) in [4.78, 5) is 0. The van der Waals surface area contributed by atoms with Crippen LogP contribution in [-0.4, -0.2) is 45.8 Å². The monoisotopic (exact) mass is 228 g/mol. The second-order valence-corrected chi connectivity index (χ2v) is 3.31. The molecule has 0 spiro atoms. The summed E-state index contributed by atoms with van der Waals surface area (Å²) in [5, 5.41) is 35.4. The summed E-state index contributed by atoms with van der Waals surface area (Å²) in [6, 6.07) is 0. The fraction of sp³-hybridized carbons (Fsp3) is 0.500. The van der Waals surface area contributed by atoms with E-state index in [9.17, 15) is 10.2 Å². The first kappa shape index (κ1) is 15.1. The third-order valence-corrected chi connectivity index (χ3v) is 1.85. The molecule has 1 unspecified atom stereocenters. The van der Waals surface area contributed by atoms with Crippen LogP contribution in [0.1, 0.15) is 12.8 Å². The number of aliphatic hydroxyl groups excluding tert-OH is 4. The van der Waals surface area contributed by atoms with Crippen molar-refractivity contribution in [2.45, 2.75) is 25.0 Å². The Morgan fingerprint density at radius 3 is 1.38 bits per heavy atom. The van der Waals surface area contributed by atoms with Crippen LogP contribution in [0.5, 0.6) is 0 Å². The zero-order valence-electron chi connectivity index (χ0n) is 9.24. The molecule has 0 rings (SSSR count). The van der Waals surface area contributed by atoms with Gasteiger partial charge in [-0.15, -0.1) is 0 Å². The van der Waals surface area contributed by atoms with E-state index in [2.05, 4.69) is 0 Å². The van der Waals surface area contributed by atoms with E-state index in [1.807, 2.05) is 0 Å². The van der Waals surface area contributed by atoms with Crippen LogP contribution in [0.4, 0.5) is 0 Å². The summed E-state index contributed by atoms with van der Waals surface area (Å²) in [5.74, 6) is 0. The second-order valence-electron chi connectivity index (χ2n) is 3.31. The summed E-state index contributed by atoms with van der Waals surface area (Å²) in [6.45, 7) is -0.0784. The fourth-order valence-electron chi connectivity index (χ4n) is 0.970. The SMILES string of the molecule is OCCC(O)/C=C/C=C\C=C\[C@@H](O)CCO. The van der Waals surface area contributed by atoms with Crippen LogP contribution in [0.15, 0.2) is 36.5 Å². The van der Waals surface area contributed by atoms with Crippen LogP contribution in [-0.2, 0) is 0 Å². The van der Waals surface area contributed by atoms with Gasteiger partial charge >= 0.3 is 0 Å². The first-order valence-electron chi connectivity index (χ1n) is 5.30. The lowest BCUT2D eigenvalue weighted by atomic mass is 10.2. The van der Waals surface area contributed by atoms with Crippen molar-refractivity contribution in [2.75, 3.05) is 13.2 Å². The molecular formula is C12H20O4. The van der Waals surface area contributed by atoms with Gasteiger partial charge < -0.3 is 20.4 Å². The first-order chi connectivity index (χ1) is 7.70. The van der Waals surface area contributed by atoms with Crippen LogP contribution in [0.2, 0.25) is 0 Å². The third-order valence-electron chi connectivity index (χ3n) is 1.85. The molecule has 4 N–H and O–H groups in total. The van der Waals surface area contributed by atoms with Crippen LogP contribution in [0.25, 0.3) is 0 Å². The normalized spacial score (nSPS) is 16.5. The van der Waals surface area contributed by atoms with Gasteiger partial charge in [-0.25, -0.2) is 0 Å². The van der Waals surface area contributed by atoms with Gasteiger partial charge in [0.25, 0.3) is 0 Å². The summed E-state index contributed by atoms with van der Waals surface area (Å²) in [6.07, 6.45) is 9.31. The number of hydrogen-bond acceptors (Lipinski definition) is 4. The van der Waals surface area contributed by atoms with E-state index >= 15 is 0 Å². The second kappa shape index (κ2) is 10.6. The predicted molar refractivity (Wildman–Crippen MR) is 62.8 cm³/mol. The molecule has 16 heavy (non-hydrogen) atoms. The molecule has 0 aromatic rings. The molecule has 2 atom stereocenters. The standard InChI is InChI=1S/C12H20O4/c13-9-7-11(15)5-3-1-2-4-6-12(16)8-10-14/h1-6,11-16H,7-10H2/b2-1-,5-3+,6-4+/t11-,12?/m1/s1. The Bertz CT molecular complexity index is 209. The third kappa shape index (κ3) is 9.61. The van der Waals surface area contributed by atoms with Gasteiger partial charge in [0.1, 0.15) is 0 Å². The Hall–Kier alpha value is -0.940. The van der Waals surface area contributed by atoms with Crippen molar-refractivity contribution in [2.24, 2.45) is 0 Å². The Kier molecular flexibility index (Phi) is 9.95. The lowest BCUT2D eigenvalue weighted by Crippen LogP contribution is -2.04.